The van der Waals surface area contributed by atoms with Gasteiger partial charge in [-0.15, -0.1) is 0 Å². The molecule has 1 fully saturated rings. The molecule has 2 heterocycles. The van der Waals surface area contributed by atoms with E-state index in [2.05, 4.69) is 59.3 Å². The van der Waals surface area contributed by atoms with E-state index in [0.29, 0.717) is 37.9 Å². The molecule has 1 aromatic heterocycles. The molecule has 272 valence electrons. The lowest BCUT2D eigenvalue weighted by Gasteiger charge is -2.34. The van der Waals surface area contributed by atoms with Crippen molar-refractivity contribution < 1.29 is 23.7 Å². The van der Waals surface area contributed by atoms with Gasteiger partial charge in [-0.2, -0.15) is 0 Å². The van der Waals surface area contributed by atoms with Gasteiger partial charge < -0.3 is 23.8 Å². The summed E-state index contributed by atoms with van der Waals surface area (Å²) < 4.78 is 23.0. The third-order valence-corrected chi connectivity index (χ3v) is 9.13. The van der Waals surface area contributed by atoms with E-state index in [9.17, 15) is 4.79 Å². The largest absolute Gasteiger partial charge is 0.497 e. The summed E-state index contributed by atoms with van der Waals surface area (Å²) in [4.78, 5) is 21.9. The first-order chi connectivity index (χ1) is 25.8. The number of ether oxygens (including phenoxy) is 4. The highest BCUT2D eigenvalue weighted by Crippen LogP contribution is 2.30. The summed E-state index contributed by atoms with van der Waals surface area (Å²) in [6.45, 7) is 11.0. The molecule has 0 N–H and O–H groups in total. The molecule has 1 aliphatic heterocycles. The molecule has 0 unspecified atom stereocenters. The van der Waals surface area contributed by atoms with E-state index in [0.717, 1.165) is 64.7 Å². The summed E-state index contributed by atoms with van der Waals surface area (Å²) >= 11 is 0. The van der Waals surface area contributed by atoms with Crippen LogP contribution in [0.15, 0.2) is 115 Å². The fourth-order valence-electron chi connectivity index (χ4n) is 6.10. The maximum Gasteiger partial charge on any atom is 0.246 e. The number of amides is 1. The normalized spacial score (nSPS) is 13.4. The number of methoxy groups -OCH3 is 1. The number of nitrogens with zero attached hydrogens (tertiary/aromatic N) is 3. The Bertz CT molecular complexity index is 1970. The number of carbonyl (C=O) groups excluding carboxylic acids is 1. The smallest absolute Gasteiger partial charge is 0.246 e. The lowest BCUT2D eigenvalue weighted by molar-refractivity contribution is -0.127. The first kappa shape index (κ1) is 36.9. The van der Waals surface area contributed by atoms with Crippen LogP contribution in [0.4, 0.5) is 0 Å². The number of carbonyl (C=O) groups is 1. The minimum atomic E-state index is 0.0290. The molecule has 0 saturated carbocycles. The molecule has 0 aliphatic carbocycles. The zero-order valence-corrected chi connectivity index (χ0v) is 31.0. The average Bonchev–Trinajstić information content (AvgIpc) is 3.18. The predicted octanol–water partition coefficient (Wildman–Crippen LogP) is 8.84. The highest BCUT2D eigenvalue weighted by molar-refractivity contribution is 5.92. The molecule has 6 rings (SSSR count). The highest BCUT2D eigenvalue weighted by atomic mass is 16.5. The van der Waals surface area contributed by atoms with Crippen molar-refractivity contribution in [2.24, 2.45) is 0 Å². The van der Waals surface area contributed by atoms with Crippen LogP contribution in [0.2, 0.25) is 0 Å². The Morgan fingerprint density at radius 3 is 2.04 bits per heavy atom. The number of hydrogen-bond acceptors (Lipinski definition) is 7. The fourth-order valence-corrected chi connectivity index (χ4v) is 6.10. The molecular formula is C45H47N3O5. The Hall–Kier alpha value is -5.86. The van der Waals surface area contributed by atoms with E-state index >= 15 is 0 Å². The maximum absolute atomic E-state index is 13.1. The zero-order chi connectivity index (χ0) is 37.0. The number of aryl methyl sites for hydroxylation is 3. The van der Waals surface area contributed by atoms with Crippen LogP contribution in [0, 0.1) is 20.8 Å². The lowest BCUT2D eigenvalue weighted by atomic mass is 10.1. The Morgan fingerprint density at radius 2 is 1.38 bits per heavy atom. The molecule has 5 aromatic rings. The summed E-state index contributed by atoms with van der Waals surface area (Å²) in [5, 5.41) is 0. The van der Waals surface area contributed by atoms with E-state index < -0.39 is 0 Å². The van der Waals surface area contributed by atoms with Crippen molar-refractivity contribution in [1.82, 2.24) is 14.8 Å². The van der Waals surface area contributed by atoms with Crippen LogP contribution >= 0.6 is 0 Å². The van der Waals surface area contributed by atoms with Crippen molar-refractivity contribution in [3.63, 3.8) is 0 Å². The number of pyridine rings is 1. The van der Waals surface area contributed by atoms with Gasteiger partial charge in [-0.05, 0) is 109 Å². The average molecular weight is 710 g/mol. The van der Waals surface area contributed by atoms with Crippen LogP contribution in [0.25, 0.3) is 12.2 Å². The Kier molecular flexibility index (Phi) is 12.6. The van der Waals surface area contributed by atoms with Gasteiger partial charge in [0.1, 0.15) is 36.2 Å². The summed E-state index contributed by atoms with van der Waals surface area (Å²) in [7, 11) is 1.65. The van der Waals surface area contributed by atoms with Gasteiger partial charge in [-0.1, -0.05) is 60.2 Å². The molecule has 0 atom stereocenters. The van der Waals surface area contributed by atoms with Gasteiger partial charge in [0.25, 0.3) is 0 Å². The monoisotopic (exact) mass is 709 g/mol. The van der Waals surface area contributed by atoms with Crippen molar-refractivity contribution in [1.29, 1.82) is 0 Å². The molecule has 1 amide bonds. The number of hydrogen-bond donors (Lipinski definition) is 0. The summed E-state index contributed by atoms with van der Waals surface area (Å²) in [5.74, 6) is 3.60. The van der Waals surface area contributed by atoms with Gasteiger partial charge in [0, 0.05) is 44.9 Å². The number of piperazine rings is 1. The van der Waals surface area contributed by atoms with Crippen molar-refractivity contribution in [2.45, 2.75) is 33.9 Å². The van der Waals surface area contributed by atoms with Gasteiger partial charge in [0.05, 0.1) is 13.3 Å². The molecule has 1 aliphatic rings. The topological polar surface area (TPSA) is 73.4 Å². The van der Waals surface area contributed by atoms with E-state index in [1.165, 1.54) is 11.1 Å². The molecule has 53 heavy (non-hydrogen) atoms. The van der Waals surface area contributed by atoms with Crippen LogP contribution in [-0.4, -0.2) is 60.6 Å². The quantitative estimate of drug-likeness (QED) is 0.107. The van der Waals surface area contributed by atoms with Crippen LogP contribution in [0.5, 0.6) is 28.9 Å². The van der Waals surface area contributed by atoms with Gasteiger partial charge in [0.2, 0.25) is 11.8 Å². The van der Waals surface area contributed by atoms with Crippen molar-refractivity contribution in [2.75, 3.05) is 39.9 Å². The lowest BCUT2D eigenvalue weighted by Crippen LogP contribution is -2.47. The Morgan fingerprint density at radius 1 is 0.717 bits per heavy atom. The van der Waals surface area contributed by atoms with E-state index in [1.807, 2.05) is 85.5 Å². The van der Waals surface area contributed by atoms with E-state index in [1.54, 1.807) is 25.4 Å². The maximum atomic E-state index is 13.1. The molecule has 0 bridgehead atoms. The molecule has 1 saturated heterocycles. The van der Waals surface area contributed by atoms with Gasteiger partial charge in [0.15, 0.2) is 0 Å². The zero-order valence-electron chi connectivity index (χ0n) is 31.0. The van der Waals surface area contributed by atoms with Crippen molar-refractivity contribution in [3.8, 4) is 28.9 Å². The number of benzene rings is 4. The second kappa shape index (κ2) is 18.1. The Balaban J connectivity index is 0.928. The minimum absolute atomic E-state index is 0.0290. The number of aromatic nitrogens is 1. The highest BCUT2D eigenvalue weighted by Gasteiger charge is 2.20. The third kappa shape index (κ3) is 10.8. The molecule has 8 heteroatoms. The van der Waals surface area contributed by atoms with Crippen LogP contribution in [0.1, 0.15) is 38.9 Å². The fraction of sp³-hybridized carbons (Fsp3) is 0.244. The Labute approximate surface area is 312 Å². The molecule has 4 aromatic carbocycles. The first-order valence-electron chi connectivity index (χ1n) is 18.0. The van der Waals surface area contributed by atoms with Gasteiger partial charge >= 0.3 is 0 Å². The summed E-state index contributed by atoms with van der Waals surface area (Å²) in [6, 6.07) is 32.2. The third-order valence-electron chi connectivity index (χ3n) is 9.13. The van der Waals surface area contributed by atoms with Crippen molar-refractivity contribution >= 4 is 18.1 Å². The second-order valence-corrected chi connectivity index (χ2v) is 13.3. The number of rotatable bonds is 14. The summed E-state index contributed by atoms with van der Waals surface area (Å²) in [5.41, 5.74) is 7.54. The molecule has 0 radical (unpaired) electrons. The van der Waals surface area contributed by atoms with Crippen molar-refractivity contribution in [3.05, 3.63) is 154 Å². The van der Waals surface area contributed by atoms with Crippen LogP contribution in [-0.2, 0) is 17.9 Å². The van der Waals surface area contributed by atoms with Crippen LogP contribution < -0.4 is 18.9 Å². The van der Waals surface area contributed by atoms with E-state index in [-0.39, 0.29) is 5.91 Å². The molecular weight excluding hydrogens is 663 g/mol. The van der Waals surface area contributed by atoms with Gasteiger partial charge in [-0.3, -0.25) is 9.69 Å². The van der Waals surface area contributed by atoms with Crippen LogP contribution in [0.3, 0.4) is 0 Å². The summed E-state index contributed by atoms with van der Waals surface area (Å²) in [6.07, 6.45) is 9.34. The molecule has 8 nitrogen and oxygen atoms in total. The van der Waals surface area contributed by atoms with E-state index in [4.69, 9.17) is 18.9 Å². The minimum Gasteiger partial charge on any atom is -0.497 e. The van der Waals surface area contributed by atoms with Gasteiger partial charge in [-0.25, -0.2) is 4.98 Å². The predicted molar refractivity (Wildman–Crippen MR) is 211 cm³/mol. The SMILES string of the molecule is COc1ccc(COc2ccc(Oc3c(C)cc(C=CC(=O)N4CCN(Cc5ccc(C=CCOc6ccc(C)cc6)cc5)CC4)cc3C)nc2)cc1. The standard InChI is InChI=1S/C45H47N3O5/c1-33-7-16-41(17-8-33)51-27-5-6-36-9-11-37(12-10-36)31-47-23-25-48(26-24-47)44(49)22-15-39-28-34(2)45(35(3)29-39)53-43-21-20-42(30-46-43)52-32-38-13-18-40(50-4)19-14-38/h5-22,28-30H,23-27,31-32H2,1-4H3. The second-order valence-electron chi connectivity index (χ2n) is 13.3. The molecule has 0 spiro atoms. The first-order valence-corrected chi connectivity index (χ1v) is 18.0.